The van der Waals surface area contributed by atoms with Crippen LogP contribution in [0.4, 0.5) is 11.4 Å². The topological polar surface area (TPSA) is 64.3 Å². The van der Waals surface area contributed by atoms with Crippen LogP contribution in [0.3, 0.4) is 0 Å². The third-order valence-corrected chi connectivity index (χ3v) is 3.41. The maximum atomic E-state index is 12.2. The minimum absolute atomic E-state index is 0. The molecule has 0 unspecified atom stereocenters. The van der Waals surface area contributed by atoms with E-state index in [9.17, 15) is 4.79 Å². The van der Waals surface area contributed by atoms with Gasteiger partial charge in [-0.05, 0) is 36.1 Å². The molecule has 3 N–H and O–H groups in total. The van der Waals surface area contributed by atoms with E-state index in [1.807, 2.05) is 48.5 Å². The van der Waals surface area contributed by atoms with E-state index in [4.69, 9.17) is 10.5 Å². The molecule has 0 aliphatic carbocycles. The number of halogens is 1. The van der Waals surface area contributed by atoms with Crippen LogP contribution in [-0.4, -0.2) is 12.5 Å². The summed E-state index contributed by atoms with van der Waals surface area (Å²) in [6, 6.07) is 15.1. The number of ether oxygens (including phenoxy) is 1. The minimum atomic E-state index is -0.0474. The number of para-hydroxylation sites is 3. The molecule has 0 atom stereocenters. The molecule has 0 saturated heterocycles. The largest absolute Gasteiger partial charge is 0.491 e. The van der Waals surface area contributed by atoms with Crippen molar-refractivity contribution in [3.63, 3.8) is 0 Å². The van der Waals surface area contributed by atoms with Crippen molar-refractivity contribution in [1.29, 1.82) is 0 Å². The van der Waals surface area contributed by atoms with Crippen molar-refractivity contribution in [2.24, 2.45) is 5.92 Å². The fourth-order valence-corrected chi connectivity index (χ4v) is 2.17. The molecule has 24 heavy (non-hydrogen) atoms. The Morgan fingerprint density at radius 1 is 1.12 bits per heavy atom. The number of carbonyl (C=O) groups excluding carboxylic acids is 1. The quantitative estimate of drug-likeness (QED) is 0.733. The van der Waals surface area contributed by atoms with Crippen LogP contribution in [-0.2, 0) is 11.2 Å². The first-order chi connectivity index (χ1) is 11.1. The summed E-state index contributed by atoms with van der Waals surface area (Å²) in [5.74, 6) is 1.09. The van der Waals surface area contributed by atoms with E-state index in [1.165, 1.54) is 0 Å². The summed E-state index contributed by atoms with van der Waals surface area (Å²) in [5.41, 5.74) is 8.32. The zero-order valence-electron chi connectivity index (χ0n) is 14.1. The molecule has 2 rings (SSSR count). The molecule has 0 fully saturated rings. The van der Waals surface area contributed by atoms with Crippen LogP contribution in [0.15, 0.2) is 48.5 Å². The number of hydrogen-bond donors (Lipinski definition) is 2. The van der Waals surface area contributed by atoms with E-state index in [-0.39, 0.29) is 18.3 Å². The Bertz CT molecular complexity index is 659. The lowest BCUT2D eigenvalue weighted by molar-refractivity contribution is -0.116. The molecule has 2 aromatic rings. The smallest absolute Gasteiger partial charge is 0.224 e. The van der Waals surface area contributed by atoms with Gasteiger partial charge in [-0.1, -0.05) is 44.2 Å². The van der Waals surface area contributed by atoms with Gasteiger partial charge in [0.25, 0.3) is 0 Å². The Kier molecular flexibility index (Phi) is 8.13. The van der Waals surface area contributed by atoms with E-state index in [2.05, 4.69) is 19.2 Å². The van der Waals surface area contributed by atoms with Gasteiger partial charge in [0.2, 0.25) is 5.91 Å². The Balaban J connectivity index is 0.00000288. The summed E-state index contributed by atoms with van der Waals surface area (Å²) >= 11 is 0. The Morgan fingerprint density at radius 3 is 2.50 bits per heavy atom. The SMILES string of the molecule is CC(C)COc1ccccc1NC(=O)CCc1ccccc1N.Cl. The van der Waals surface area contributed by atoms with Crippen LogP contribution in [0.1, 0.15) is 25.8 Å². The first-order valence-electron chi connectivity index (χ1n) is 7.91. The van der Waals surface area contributed by atoms with Crippen molar-refractivity contribution in [2.75, 3.05) is 17.7 Å². The molecule has 4 nitrogen and oxygen atoms in total. The van der Waals surface area contributed by atoms with Crippen LogP contribution in [0.2, 0.25) is 0 Å². The van der Waals surface area contributed by atoms with Gasteiger partial charge in [-0.2, -0.15) is 0 Å². The standard InChI is InChI=1S/C19H24N2O2.ClH/c1-14(2)13-23-18-10-6-5-9-17(18)21-19(22)12-11-15-7-3-4-8-16(15)20;/h3-10,14H,11-13,20H2,1-2H3,(H,21,22);1H. The van der Waals surface area contributed by atoms with Crippen LogP contribution in [0.5, 0.6) is 5.75 Å². The van der Waals surface area contributed by atoms with Gasteiger partial charge < -0.3 is 15.8 Å². The monoisotopic (exact) mass is 348 g/mol. The van der Waals surface area contributed by atoms with Crippen molar-refractivity contribution in [3.05, 3.63) is 54.1 Å². The average Bonchev–Trinajstić information content (AvgIpc) is 2.53. The third kappa shape index (κ3) is 6.13. The molecular weight excluding hydrogens is 324 g/mol. The van der Waals surface area contributed by atoms with Crippen LogP contribution < -0.4 is 15.8 Å². The van der Waals surface area contributed by atoms with Gasteiger partial charge in [0, 0.05) is 12.1 Å². The van der Waals surface area contributed by atoms with Crippen molar-refractivity contribution >= 4 is 29.7 Å². The second-order valence-electron chi connectivity index (χ2n) is 5.95. The fourth-order valence-electron chi connectivity index (χ4n) is 2.17. The molecule has 0 bridgehead atoms. The number of anilines is 2. The molecule has 5 heteroatoms. The Labute approximate surface area is 149 Å². The van der Waals surface area contributed by atoms with E-state index in [0.29, 0.717) is 36.8 Å². The van der Waals surface area contributed by atoms with E-state index in [1.54, 1.807) is 0 Å². The number of nitrogens with two attached hydrogens (primary N) is 1. The van der Waals surface area contributed by atoms with Gasteiger partial charge in [0.1, 0.15) is 5.75 Å². The number of carbonyl (C=O) groups is 1. The second kappa shape index (κ2) is 9.83. The summed E-state index contributed by atoms with van der Waals surface area (Å²) in [6.45, 7) is 4.80. The van der Waals surface area contributed by atoms with Crippen molar-refractivity contribution < 1.29 is 9.53 Å². The zero-order valence-corrected chi connectivity index (χ0v) is 14.9. The van der Waals surface area contributed by atoms with Crippen LogP contribution in [0.25, 0.3) is 0 Å². The zero-order chi connectivity index (χ0) is 16.7. The molecule has 0 aliphatic heterocycles. The third-order valence-electron chi connectivity index (χ3n) is 3.41. The Hall–Kier alpha value is -2.20. The number of nitrogens with one attached hydrogen (secondary N) is 1. The Morgan fingerprint density at radius 2 is 1.79 bits per heavy atom. The fraction of sp³-hybridized carbons (Fsp3) is 0.316. The molecule has 0 spiro atoms. The maximum Gasteiger partial charge on any atom is 0.224 e. The summed E-state index contributed by atoms with van der Waals surface area (Å²) < 4.78 is 5.75. The predicted molar refractivity (Wildman–Crippen MR) is 102 cm³/mol. The molecular formula is C19H25ClN2O2. The van der Waals surface area contributed by atoms with E-state index < -0.39 is 0 Å². The molecule has 1 amide bonds. The molecule has 0 aliphatic rings. The number of nitrogen functional groups attached to an aromatic ring is 1. The summed E-state index contributed by atoms with van der Waals surface area (Å²) in [4.78, 5) is 12.2. The van der Waals surface area contributed by atoms with Gasteiger partial charge in [-0.3, -0.25) is 4.79 Å². The normalized spacial score (nSPS) is 10.1. The first-order valence-corrected chi connectivity index (χ1v) is 7.91. The van der Waals surface area contributed by atoms with Crippen LogP contribution >= 0.6 is 12.4 Å². The maximum absolute atomic E-state index is 12.2. The summed E-state index contributed by atoms with van der Waals surface area (Å²) in [7, 11) is 0. The minimum Gasteiger partial charge on any atom is -0.491 e. The number of hydrogen-bond acceptors (Lipinski definition) is 3. The lowest BCUT2D eigenvalue weighted by Crippen LogP contribution is -2.14. The summed E-state index contributed by atoms with van der Waals surface area (Å²) in [5, 5.41) is 2.92. The lowest BCUT2D eigenvalue weighted by Gasteiger charge is -2.14. The van der Waals surface area contributed by atoms with E-state index in [0.717, 1.165) is 11.3 Å². The number of rotatable bonds is 7. The van der Waals surface area contributed by atoms with Gasteiger partial charge >= 0.3 is 0 Å². The molecule has 0 aromatic heterocycles. The number of amides is 1. The van der Waals surface area contributed by atoms with Gasteiger partial charge in [-0.15, -0.1) is 12.4 Å². The first kappa shape index (κ1) is 19.8. The highest BCUT2D eigenvalue weighted by Gasteiger charge is 2.09. The number of aryl methyl sites for hydroxylation is 1. The highest BCUT2D eigenvalue weighted by atomic mass is 35.5. The molecule has 0 saturated carbocycles. The van der Waals surface area contributed by atoms with Crippen molar-refractivity contribution in [2.45, 2.75) is 26.7 Å². The summed E-state index contributed by atoms with van der Waals surface area (Å²) in [6.07, 6.45) is 1.00. The lowest BCUT2D eigenvalue weighted by atomic mass is 10.1. The van der Waals surface area contributed by atoms with Crippen LogP contribution in [0, 0.1) is 5.92 Å². The average molecular weight is 349 g/mol. The molecule has 0 radical (unpaired) electrons. The second-order valence-corrected chi connectivity index (χ2v) is 5.95. The van der Waals surface area contributed by atoms with Crippen molar-refractivity contribution in [1.82, 2.24) is 0 Å². The van der Waals surface area contributed by atoms with E-state index >= 15 is 0 Å². The van der Waals surface area contributed by atoms with Gasteiger partial charge in [0.15, 0.2) is 0 Å². The highest BCUT2D eigenvalue weighted by molar-refractivity contribution is 5.92. The molecule has 2 aromatic carbocycles. The molecule has 0 heterocycles. The van der Waals surface area contributed by atoms with Gasteiger partial charge in [-0.25, -0.2) is 0 Å². The predicted octanol–water partition coefficient (Wildman–Crippen LogP) is 4.30. The molecule has 130 valence electrons. The van der Waals surface area contributed by atoms with Crippen molar-refractivity contribution in [3.8, 4) is 5.75 Å². The van der Waals surface area contributed by atoms with Gasteiger partial charge in [0.05, 0.1) is 12.3 Å². The highest BCUT2D eigenvalue weighted by Crippen LogP contribution is 2.24. The number of benzene rings is 2.